The molecule has 0 spiro atoms. The minimum atomic E-state index is -1.63. The fourth-order valence-corrected chi connectivity index (χ4v) is 4.17. The first-order valence-electron chi connectivity index (χ1n) is 13.0. The highest BCUT2D eigenvalue weighted by Gasteiger charge is 2.54. The Balaban J connectivity index is 1.76. The molecule has 0 bridgehead atoms. The number of ether oxygens (including phenoxy) is 6. The third-order valence-electron chi connectivity index (χ3n) is 6.08. The van der Waals surface area contributed by atoms with E-state index >= 15 is 0 Å². The summed E-state index contributed by atoms with van der Waals surface area (Å²) in [6.07, 6.45) is -7.58. The van der Waals surface area contributed by atoms with E-state index in [9.17, 15) is 24.0 Å². The summed E-state index contributed by atoms with van der Waals surface area (Å²) in [7, 11) is 0. The zero-order valence-corrected chi connectivity index (χ0v) is 22.7. The third-order valence-corrected chi connectivity index (χ3v) is 6.08. The zero-order chi connectivity index (χ0) is 30.1. The molecule has 0 aromatic heterocycles. The maximum atomic E-state index is 13.3. The van der Waals surface area contributed by atoms with Gasteiger partial charge in [-0.2, -0.15) is 0 Å². The highest BCUT2D eigenvalue weighted by molar-refractivity contribution is 5.91. The number of carbonyl (C=O) groups is 5. The van der Waals surface area contributed by atoms with Gasteiger partial charge in [0.15, 0.2) is 12.2 Å². The lowest BCUT2D eigenvalue weighted by molar-refractivity contribution is -0.290. The van der Waals surface area contributed by atoms with Crippen molar-refractivity contribution >= 4 is 29.8 Å². The summed E-state index contributed by atoms with van der Waals surface area (Å²) in [5.74, 6) is -4.01. The van der Waals surface area contributed by atoms with E-state index in [-0.39, 0.29) is 16.7 Å². The molecule has 3 aromatic rings. The Hall–Kier alpha value is -5.03. The molecule has 11 heteroatoms. The number of hydrogen-bond acceptors (Lipinski definition) is 11. The quantitative estimate of drug-likeness (QED) is 0.273. The molecule has 0 radical (unpaired) electrons. The summed E-state index contributed by atoms with van der Waals surface area (Å²) in [6.45, 7) is 1.79. The van der Waals surface area contributed by atoms with Crippen molar-refractivity contribution in [1.82, 2.24) is 0 Å². The van der Waals surface area contributed by atoms with Gasteiger partial charge in [-0.1, -0.05) is 54.6 Å². The number of esters is 5. The normalized spacial score (nSPS) is 21.3. The second-order valence-corrected chi connectivity index (χ2v) is 9.16. The number of rotatable bonds is 9. The molecule has 42 heavy (non-hydrogen) atoms. The van der Waals surface area contributed by atoms with Crippen LogP contribution in [-0.2, 0) is 38.0 Å². The van der Waals surface area contributed by atoms with Crippen LogP contribution in [0, 0.1) is 0 Å². The fourth-order valence-electron chi connectivity index (χ4n) is 4.17. The zero-order valence-electron chi connectivity index (χ0n) is 22.7. The molecule has 0 unspecified atom stereocenters. The lowest BCUT2D eigenvalue weighted by atomic mass is 9.97. The van der Waals surface area contributed by atoms with Gasteiger partial charge < -0.3 is 28.4 Å². The predicted octanol–water partition coefficient (Wildman–Crippen LogP) is 3.51. The molecule has 1 saturated heterocycles. The second-order valence-electron chi connectivity index (χ2n) is 9.16. The number of carbonyl (C=O) groups excluding carboxylic acids is 5. The van der Waals surface area contributed by atoms with Gasteiger partial charge >= 0.3 is 29.8 Å². The second kappa shape index (κ2) is 14.0. The Morgan fingerprint density at radius 1 is 0.548 bits per heavy atom. The van der Waals surface area contributed by atoms with E-state index in [1.165, 1.54) is 36.4 Å². The topological polar surface area (TPSA) is 141 Å². The van der Waals surface area contributed by atoms with Crippen molar-refractivity contribution in [2.45, 2.75) is 44.6 Å². The van der Waals surface area contributed by atoms with E-state index in [4.69, 9.17) is 28.4 Å². The summed E-state index contributed by atoms with van der Waals surface area (Å²) in [4.78, 5) is 63.4. The molecule has 0 amide bonds. The van der Waals surface area contributed by atoms with Crippen molar-refractivity contribution in [3.05, 3.63) is 108 Å². The SMILES string of the molecule is CC(=O)OC[C@@H]1O[C@@H](OC(C)=O)[C@H](OC(=O)c2ccccc2)[C@@H](OC(=O)c2ccccc2)[C@@H]1OC(=O)c1ccccc1. The maximum absolute atomic E-state index is 13.3. The van der Waals surface area contributed by atoms with E-state index in [1.807, 2.05) is 0 Å². The lowest BCUT2D eigenvalue weighted by Crippen LogP contribution is -2.63. The van der Waals surface area contributed by atoms with Gasteiger partial charge in [0.25, 0.3) is 0 Å². The Bertz CT molecular complexity index is 1390. The molecule has 11 nitrogen and oxygen atoms in total. The smallest absolute Gasteiger partial charge is 0.338 e. The maximum Gasteiger partial charge on any atom is 0.338 e. The first-order valence-corrected chi connectivity index (χ1v) is 13.0. The van der Waals surface area contributed by atoms with E-state index in [1.54, 1.807) is 54.6 Å². The van der Waals surface area contributed by atoms with Crippen LogP contribution in [0.15, 0.2) is 91.0 Å². The average molecular weight is 577 g/mol. The van der Waals surface area contributed by atoms with Crippen LogP contribution in [0.25, 0.3) is 0 Å². The minimum absolute atomic E-state index is 0.144. The highest BCUT2D eigenvalue weighted by atomic mass is 16.7. The monoisotopic (exact) mass is 576 g/mol. The molecule has 1 heterocycles. The fraction of sp³-hybridized carbons (Fsp3) is 0.258. The van der Waals surface area contributed by atoms with Crippen molar-refractivity contribution < 1.29 is 52.4 Å². The van der Waals surface area contributed by atoms with Crippen molar-refractivity contribution in [2.75, 3.05) is 6.61 Å². The standard InChI is InChI=1S/C31H28O11/c1-19(32)37-18-24-25(40-28(34)21-12-6-3-7-13-21)26(41-29(35)22-14-8-4-9-15-22)27(31(39-24)38-20(2)33)42-30(36)23-16-10-5-11-17-23/h3-17,24-27,31H,18H2,1-2H3/t24-,25+,26-,27+,31+/m0/s1. The van der Waals surface area contributed by atoms with Gasteiger partial charge in [0.2, 0.25) is 12.4 Å². The van der Waals surface area contributed by atoms with E-state index in [2.05, 4.69) is 0 Å². The Labute approximate surface area is 241 Å². The molecule has 4 rings (SSSR count). The summed E-state index contributed by atoms with van der Waals surface area (Å²) in [6, 6.07) is 23.8. The first kappa shape index (κ1) is 29.9. The molecule has 1 aliphatic heterocycles. The molecule has 0 aliphatic carbocycles. The van der Waals surface area contributed by atoms with Crippen LogP contribution >= 0.6 is 0 Å². The van der Waals surface area contributed by atoms with Gasteiger partial charge in [-0.15, -0.1) is 0 Å². The lowest BCUT2D eigenvalue weighted by Gasteiger charge is -2.43. The van der Waals surface area contributed by atoms with Crippen LogP contribution < -0.4 is 0 Å². The molecule has 218 valence electrons. The predicted molar refractivity (Wildman–Crippen MR) is 144 cm³/mol. The minimum Gasteiger partial charge on any atom is -0.463 e. The van der Waals surface area contributed by atoms with Gasteiger partial charge in [0.1, 0.15) is 12.7 Å². The van der Waals surface area contributed by atoms with Crippen molar-refractivity contribution in [3.8, 4) is 0 Å². The van der Waals surface area contributed by atoms with E-state index in [0.717, 1.165) is 13.8 Å². The van der Waals surface area contributed by atoms with Gasteiger partial charge in [-0.05, 0) is 36.4 Å². The Kier molecular flexibility index (Phi) is 10.0. The molecular weight excluding hydrogens is 548 g/mol. The van der Waals surface area contributed by atoms with Crippen LogP contribution in [0.3, 0.4) is 0 Å². The van der Waals surface area contributed by atoms with E-state index in [0.29, 0.717) is 0 Å². The molecule has 1 fully saturated rings. The highest BCUT2D eigenvalue weighted by Crippen LogP contribution is 2.31. The molecule has 0 saturated carbocycles. The first-order chi connectivity index (χ1) is 20.2. The van der Waals surface area contributed by atoms with E-state index < -0.39 is 67.2 Å². The van der Waals surface area contributed by atoms with Gasteiger partial charge in [0, 0.05) is 13.8 Å². The molecular formula is C31H28O11. The summed E-state index contributed by atoms with van der Waals surface area (Å²) >= 11 is 0. The van der Waals surface area contributed by atoms with Crippen LogP contribution in [0.2, 0.25) is 0 Å². The van der Waals surface area contributed by atoms with Crippen LogP contribution in [-0.4, -0.2) is 67.2 Å². The molecule has 0 N–H and O–H groups in total. The van der Waals surface area contributed by atoms with Crippen LogP contribution in [0.5, 0.6) is 0 Å². The third kappa shape index (κ3) is 7.79. The summed E-state index contributed by atoms with van der Waals surface area (Å²) < 4.78 is 33.7. The molecule has 5 atom stereocenters. The van der Waals surface area contributed by atoms with Gasteiger partial charge in [-0.3, -0.25) is 9.59 Å². The Morgan fingerprint density at radius 2 is 0.952 bits per heavy atom. The van der Waals surface area contributed by atoms with Crippen molar-refractivity contribution in [3.63, 3.8) is 0 Å². The van der Waals surface area contributed by atoms with Crippen molar-refractivity contribution in [2.24, 2.45) is 0 Å². The average Bonchev–Trinajstić information content (AvgIpc) is 2.99. The molecule has 1 aliphatic rings. The Morgan fingerprint density at radius 3 is 1.36 bits per heavy atom. The van der Waals surface area contributed by atoms with Crippen molar-refractivity contribution in [1.29, 1.82) is 0 Å². The van der Waals surface area contributed by atoms with Gasteiger partial charge in [-0.25, -0.2) is 14.4 Å². The molecule has 3 aromatic carbocycles. The largest absolute Gasteiger partial charge is 0.463 e. The van der Waals surface area contributed by atoms with Crippen LogP contribution in [0.4, 0.5) is 0 Å². The summed E-state index contributed by atoms with van der Waals surface area (Å²) in [5, 5.41) is 0. The number of benzene rings is 3. The van der Waals surface area contributed by atoms with Crippen LogP contribution in [0.1, 0.15) is 44.9 Å². The van der Waals surface area contributed by atoms with Gasteiger partial charge in [0.05, 0.1) is 16.7 Å². The number of hydrogen-bond donors (Lipinski definition) is 0. The summed E-state index contributed by atoms with van der Waals surface area (Å²) in [5.41, 5.74) is 0.453.